The van der Waals surface area contributed by atoms with Gasteiger partial charge in [-0.25, -0.2) is 13.1 Å². The van der Waals surface area contributed by atoms with Crippen LogP contribution < -0.4 is 14.8 Å². The molecule has 0 unspecified atom stereocenters. The Labute approximate surface area is 132 Å². The summed E-state index contributed by atoms with van der Waals surface area (Å²) in [6.45, 7) is 4.12. The molecular formula is C15H24N2O4S. The normalized spacial score (nSPS) is 12.7. The van der Waals surface area contributed by atoms with E-state index in [-0.39, 0.29) is 10.8 Å². The molecule has 1 rings (SSSR count). The van der Waals surface area contributed by atoms with E-state index >= 15 is 0 Å². The Morgan fingerprint density at radius 3 is 2.41 bits per heavy atom. The fourth-order valence-corrected chi connectivity index (χ4v) is 2.90. The van der Waals surface area contributed by atoms with E-state index < -0.39 is 16.1 Å². The SMILES string of the molecule is CCCCCNS(=O)(=O)c1ccc(O[C@H](C)C(=O)NC)cc1. The van der Waals surface area contributed by atoms with Crippen LogP contribution in [0.5, 0.6) is 5.75 Å². The van der Waals surface area contributed by atoms with Crippen molar-refractivity contribution in [2.24, 2.45) is 0 Å². The number of amides is 1. The van der Waals surface area contributed by atoms with Gasteiger partial charge in [0.05, 0.1) is 4.90 Å². The highest BCUT2D eigenvalue weighted by Crippen LogP contribution is 2.17. The van der Waals surface area contributed by atoms with E-state index in [1.807, 2.05) is 0 Å². The summed E-state index contributed by atoms with van der Waals surface area (Å²) in [6, 6.07) is 6.02. The number of ether oxygens (including phenoxy) is 1. The average molecular weight is 328 g/mol. The first kappa shape index (κ1) is 18.4. The topological polar surface area (TPSA) is 84.5 Å². The van der Waals surface area contributed by atoms with Gasteiger partial charge >= 0.3 is 0 Å². The van der Waals surface area contributed by atoms with Crippen molar-refractivity contribution in [2.45, 2.75) is 44.1 Å². The molecule has 0 saturated heterocycles. The van der Waals surface area contributed by atoms with Crippen molar-refractivity contribution in [2.75, 3.05) is 13.6 Å². The van der Waals surface area contributed by atoms with Gasteiger partial charge in [-0.1, -0.05) is 19.8 Å². The number of nitrogens with one attached hydrogen (secondary N) is 2. The lowest BCUT2D eigenvalue weighted by molar-refractivity contribution is -0.126. The van der Waals surface area contributed by atoms with E-state index in [1.54, 1.807) is 19.1 Å². The van der Waals surface area contributed by atoms with Crippen molar-refractivity contribution < 1.29 is 17.9 Å². The molecule has 0 bridgehead atoms. The summed E-state index contributed by atoms with van der Waals surface area (Å²) in [7, 11) is -1.96. The molecule has 1 amide bonds. The second kappa shape index (κ2) is 8.75. The molecular weight excluding hydrogens is 304 g/mol. The van der Waals surface area contributed by atoms with E-state index in [2.05, 4.69) is 17.0 Å². The van der Waals surface area contributed by atoms with Crippen molar-refractivity contribution in [3.8, 4) is 5.75 Å². The molecule has 124 valence electrons. The summed E-state index contributed by atoms with van der Waals surface area (Å²) in [5, 5.41) is 2.48. The quantitative estimate of drug-likeness (QED) is 0.675. The van der Waals surface area contributed by atoms with E-state index in [0.717, 1.165) is 19.3 Å². The van der Waals surface area contributed by atoms with Gasteiger partial charge in [0.15, 0.2) is 6.10 Å². The third-order valence-corrected chi connectivity index (χ3v) is 4.61. The first-order valence-electron chi connectivity index (χ1n) is 7.38. The minimum absolute atomic E-state index is 0.184. The van der Waals surface area contributed by atoms with Crippen LogP contribution in [-0.2, 0) is 14.8 Å². The Morgan fingerprint density at radius 2 is 1.86 bits per heavy atom. The second-order valence-corrected chi connectivity index (χ2v) is 6.72. The summed E-state index contributed by atoms with van der Waals surface area (Å²) in [6.07, 6.45) is 2.21. The summed E-state index contributed by atoms with van der Waals surface area (Å²) in [4.78, 5) is 11.6. The van der Waals surface area contributed by atoms with Crippen LogP contribution in [0.1, 0.15) is 33.1 Å². The molecule has 0 aromatic heterocycles. The highest BCUT2D eigenvalue weighted by Gasteiger charge is 2.15. The fraction of sp³-hybridized carbons (Fsp3) is 0.533. The maximum absolute atomic E-state index is 12.1. The molecule has 0 aliphatic rings. The molecule has 22 heavy (non-hydrogen) atoms. The van der Waals surface area contributed by atoms with E-state index in [0.29, 0.717) is 12.3 Å². The summed E-state index contributed by atoms with van der Waals surface area (Å²) in [5.74, 6) is 0.204. The lowest BCUT2D eigenvalue weighted by Crippen LogP contribution is -2.33. The highest BCUT2D eigenvalue weighted by molar-refractivity contribution is 7.89. The number of likely N-dealkylation sites (N-methyl/N-ethyl adjacent to an activating group) is 1. The predicted octanol–water partition coefficient (Wildman–Crippen LogP) is 1.67. The Morgan fingerprint density at radius 1 is 1.23 bits per heavy atom. The van der Waals surface area contributed by atoms with Crippen LogP contribution in [0.3, 0.4) is 0 Å². The molecule has 6 nitrogen and oxygen atoms in total. The maximum atomic E-state index is 12.1. The minimum atomic E-state index is -3.49. The van der Waals surface area contributed by atoms with Gasteiger partial charge in [-0.05, 0) is 37.6 Å². The van der Waals surface area contributed by atoms with Gasteiger partial charge in [-0.3, -0.25) is 4.79 Å². The van der Waals surface area contributed by atoms with Crippen molar-refractivity contribution in [3.05, 3.63) is 24.3 Å². The lowest BCUT2D eigenvalue weighted by atomic mass is 10.3. The molecule has 1 aromatic carbocycles. The minimum Gasteiger partial charge on any atom is -0.481 e. The fourth-order valence-electron chi connectivity index (χ4n) is 1.82. The number of hydrogen-bond donors (Lipinski definition) is 2. The van der Waals surface area contributed by atoms with Crippen LogP contribution >= 0.6 is 0 Å². The van der Waals surface area contributed by atoms with Gasteiger partial charge in [0.1, 0.15) is 5.75 Å². The number of carbonyl (C=O) groups excluding carboxylic acids is 1. The lowest BCUT2D eigenvalue weighted by Gasteiger charge is -2.13. The van der Waals surface area contributed by atoms with Crippen LogP contribution in [0, 0.1) is 0 Å². The Kier molecular flexibility index (Phi) is 7.34. The third kappa shape index (κ3) is 5.65. The van der Waals surface area contributed by atoms with Crippen molar-refractivity contribution in [1.82, 2.24) is 10.0 Å². The van der Waals surface area contributed by atoms with Crippen LogP contribution in [0.4, 0.5) is 0 Å². The van der Waals surface area contributed by atoms with Crippen LogP contribution in [-0.4, -0.2) is 34.0 Å². The Bertz CT molecular complexity index is 570. The first-order chi connectivity index (χ1) is 10.4. The zero-order valence-corrected chi connectivity index (χ0v) is 14.1. The standard InChI is InChI=1S/C15H24N2O4S/c1-4-5-6-11-17-22(19,20)14-9-7-13(8-10-14)21-12(2)15(18)16-3/h7-10,12,17H,4-6,11H2,1-3H3,(H,16,18)/t12-/m1/s1. The molecule has 1 atom stereocenters. The predicted molar refractivity (Wildman–Crippen MR) is 85.3 cm³/mol. The summed E-state index contributed by atoms with van der Waals surface area (Å²) < 4.78 is 32.1. The monoisotopic (exact) mass is 328 g/mol. The van der Waals surface area contributed by atoms with Crippen molar-refractivity contribution in [3.63, 3.8) is 0 Å². The van der Waals surface area contributed by atoms with Gasteiger partial charge < -0.3 is 10.1 Å². The molecule has 1 aromatic rings. The Hall–Kier alpha value is -1.60. The smallest absolute Gasteiger partial charge is 0.260 e. The molecule has 0 spiro atoms. The molecule has 0 heterocycles. The van der Waals surface area contributed by atoms with Crippen LogP contribution in [0.15, 0.2) is 29.2 Å². The van der Waals surface area contributed by atoms with Crippen LogP contribution in [0.2, 0.25) is 0 Å². The van der Waals surface area contributed by atoms with E-state index in [1.165, 1.54) is 19.2 Å². The highest BCUT2D eigenvalue weighted by atomic mass is 32.2. The van der Waals surface area contributed by atoms with Gasteiger partial charge in [0, 0.05) is 13.6 Å². The number of benzene rings is 1. The molecule has 2 N–H and O–H groups in total. The first-order valence-corrected chi connectivity index (χ1v) is 8.87. The molecule has 7 heteroatoms. The molecule has 0 saturated carbocycles. The number of rotatable bonds is 9. The second-order valence-electron chi connectivity index (χ2n) is 4.95. The molecule has 0 radical (unpaired) electrons. The van der Waals surface area contributed by atoms with Crippen molar-refractivity contribution in [1.29, 1.82) is 0 Å². The number of unbranched alkanes of at least 4 members (excludes halogenated alkanes) is 2. The van der Waals surface area contributed by atoms with Gasteiger partial charge in [-0.2, -0.15) is 0 Å². The molecule has 0 aliphatic heterocycles. The average Bonchev–Trinajstić information content (AvgIpc) is 2.51. The maximum Gasteiger partial charge on any atom is 0.260 e. The van der Waals surface area contributed by atoms with Gasteiger partial charge in [-0.15, -0.1) is 0 Å². The summed E-state index contributed by atoms with van der Waals surface area (Å²) in [5.41, 5.74) is 0. The number of sulfonamides is 1. The number of carbonyl (C=O) groups is 1. The van der Waals surface area contributed by atoms with Gasteiger partial charge in [0.25, 0.3) is 5.91 Å². The Balaban J connectivity index is 2.65. The summed E-state index contributed by atoms with van der Waals surface area (Å²) >= 11 is 0. The number of hydrogen-bond acceptors (Lipinski definition) is 4. The third-order valence-electron chi connectivity index (χ3n) is 3.13. The largest absolute Gasteiger partial charge is 0.481 e. The molecule has 0 aliphatic carbocycles. The van der Waals surface area contributed by atoms with Gasteiger partial charge in [0.2, 0.25) is 10.0 Å². The molecule has 0 fully saturated rings. The van der Waals surface area contributed by atoms with E-state index in [4.69, 9.17) is 4.74 Å². The van der Waals surface area contributed by atoms with E-state index in [9.17, 15) is 13.2 Å². The van der Waals surface area contributed by atoms with Crippen LogP contribution in [0.25, 0.3) is 0 Å². The van der Waals surface area contributed by atoms with Crippen molar-refractivity contribution >= 4 is 15.9 Å². The zero-order valence-electron chi connectivity index (χ0n) is 13.3. The zero-order chi connectivity index (χ0) is 16.6.